The van der Waals surface area contributed by atoms with Gasteiger partial charge in [0.25, 0.3) is 0 Å². The van der Waals surface area contributed by atoms with Gasteiger partial charge in [0.15, 0.2) is 0 Å². The number of carbonyl (C=O) groups excluding carboxylic acids is 1. The first kappa shape index (κ1) is 23.9. The third-order valence-corrected chi connectivity index (χ3v) is 7.54. The van der Waals surface area contributed by atoms with E-state index in [1.54, 1.807) is 6.92 Å². The number of nitriles is 2. The van der Waals surface area contributed by atoms with Gasteiger partial charge in [0.2, 0.25) is 5.88 Å². The van der Waals surface area contributed by atoms with Crippen LogP contribution in [-0.2, 0) is 27.1 Å². The number of hydrogen-bond donors (Lipinski definition) is 1. The molecule has 2 aromatic rings. The van der Waals surface area contributed by atoms with Crippen molar-refractivity contribution < 1.29 is 14.3 Å². The van der Waals surface area contributed by atoms with Crippen molar-refractivity contribution in [2.45, 2.75) is 50.0 Å². The summed E-state index contributed by atoms with van der Waals surface area (Å²) in [4.78, 5) is 17.8. The van der Waals surface area contributed by atoms with Crippen molar-refractivity contribution in [2.24, 2.45) is 5.73 Å². The van der Waals surface area contributed by atoms with Gasteiger partial charge < -0.3 is 15.2 Å². The minimum absolute atomic E-state index is 0.0299. The fourth-order valence-electron chi connectivity index (χ4n) is 4.25. The Balaban J connectivity index is 1.72. The number of allylic oxidation sites excluding steroid dienone is 1. The first-order chi connectivity index (χ1) is 16.6. The molecule has 0 saturated carbocycles. The minimum Gasteiger partial charge on any atom is -0.463 e. The van der Waals surface area contributed by atoms with E-state index in [1.807, 2.05) is 22.9 Å². The molecule has 1 atom stereocenters. The second-order valence-corrected chi connectivity index (χ2v) is 9.69. The number of thioether (sulfide) groups is 1. The SMILES string of the molecule is CCOC(=O)C1=C(CSc2nc3c(cc2C#N)CCCCC3)OC(N)=C(C#N)C1c1ccsc1. The van der Waals surface area contributed by atoms with Gasteiger partial charge in [0, 0.05) is 5.69 Å². The number of pyridine rings is 1. The van der Waals surface area contributed by atoms with Crippen LogP contribution in [0.25, 0.3) is 0 Å². The molecular weight excluding hydrogens is 468 g/mol. The van der Waals surface area contributed by atoms with E-state index in [9.17, 15) is 15.3 Å². The van der Waals surface area contributed by atoms with Crippen LogP contribution >= 0.6 is 23.1 Å². The number of rotatable bonds is 6. The van der Waals surface area contributed by atoms with E-state index in [0.717, 1.165) is 48.9 Å². The molecule has 0 radical (unpaired) electrons. The highest BCUT2D eigenvalue weighted by molar-refractivity contribution is 7.99. The lowest BCUT2D eigenvalue weighted by atomic mass is 9.84. The Morgan fingerprint density at radius 1 is 1.32 bits per heavy atom. The van der Waals surface area contributed by atoms with E-state index in [4.69, 9.17) is 20.2 Å². The Morgan fingerprint density at radius 2 is 2.15 bits per heavy atom. The summed E-state index contributed by atoms with van der Waals surface area (Å²) >= 11 is 2.79. The van der Waals surface area contributed by atoms with E-state index in [1.165, 1.54) is 23.1 Å². The lowest BCUT2D eigenvalue weighted by Crippen LogP contribution is -2.26. The fraction of sp³-hybridized carbons (Fsp3) is 0.360. The van der Waals surface area contributed by atoms with Crippen LogP contribution < -0.4 is 5.73 Å². The molecule has 3 heterocycles. The number of esters is 1. The molecule has 9 heteroatoms. The van der Waals surface area contributed by atoms with E-state index < -0.39 is 11.9 Å². The summed E-state index contributed by atoms with van der Waals surface area (Å²) in [6.45, 7) is 1.91. The number of hydrogen-bond acceptors (Lipinski definition) is 9. The topological polar surface area (TPSA) is 122 Å². The number of carbonyl (C=O) groups is 1. The molecule has 7 nitrogen and oxygen atoms in total. The van der Waals surface area contributed by atoms with Crippen LogP contribution in [-0.4, -0.2) is 23.3 Å². The zero-order valence-corrected chi connectivity index (χ0v) is 20.4. The fourth-order valence-corrected chi connectivity index (χ4v) is 5.85. The molecular formula is C25H24N4O3S2. The molecule has 2 N–H and O–H groups in total. The molecule has 1 aliphatic heterocycles. The van der Waals surface area contributed by atoms with Gasteiger partial charge in [-0.15, -0.1) is 0 Å². The number of nitrogens with two attached hydrogens (primary N) is 1. The lowest BCUT2D eigenvalue weighted by molar-refractivity contribution is -0.139. The van der Waals surface area contributed by atoms with Gasteiger partial charge in [-0.3, -0.25) is 0 Å². The molecule has 0 fully saturated rings. The maximum Gasteiger partial charge on any atom is 0.338 e. The van der Waals surface area contributed by atoms with Crippen molar-refractivity contribution in [3.8, 4) is 12.1 Å². The molecule has 2 aromatic heterocycles. The Labute approximate surface area is 206 Å². The van der Waals surface area contributed by atoms with Gasteiger partial charge in [0.1, 0.15) is 28.5 Å². The van der Waals surface area contributed by atoms with Crippen molar-refractivity contribution in [1.29, 1.82) is 10.5 Å². The smallest absolute Gasteiger partial charge is 0.338 e. The molecule has 174 valence electrons. The summed E-state index contributed by atoms with van der Waals surface area (Å²) in [5, 5.41) is 23.9. The number of nitrogens with zero attached hydrogens (tertiary/aromatic N) is 3. The van der Waals surface area contributed by atoms with Crippen molar-refractivity contribution in [3.63, 3.8) is 0 Å². The number of aryl methyl sites for hydroxylation is 2. The molecule has 0 aromatic carbocycles. The number of ether oxygens (including phenoxy) is 2. The van der Waals surface area contributed by atoms with Crippen molar-refractivity contribution in [2.75, 3.05) is 12.4 Å². The average molecular weight is 493 g/mol. The largest absolute Gasteiger partial charge is 0.463 e. The molecule has 0 bridgehead atoms. The second-order valence-electron chi connectivity index (χ2n) is 7.95. The normalized spacial score (nSPS) is 17.8. The lowest BCUT2D eigenvalue weighted by Gasteiger charge is -2.27. The maximum atomic E-state index is 13.0. The highest BCUT2D eigenvalue weighted by Gasteiger charge is 2.38. The van der Waals surface area contributed by atoms with E-state index >= 15 is 0 Å². The first-order valence-electron chi connectivity index (χ1n) is 11.1. The predicted octanol–water partition coefficient (Wildman–Crippen LogP) is 4.70. The summed E-state index contributed by atoms with van der Waals surface area (Å²) < 4.78 is 11.1. The monoisotopic (exact) mass is 492 g/mol. The quantitative estimate of drug-likeness (QED) is 0.350. The first-order valence-corrected chi connectivity index (χ1v) is 13.1. The standard InChI is InChI=1S/C25H24N4O3S2/c1-2-31-25(30)22-20(32-23(28)18(12-27)21(22)16-8-9-33-13-16)14-34-24-17(11-26)10-15-6-4-3-5-7-19(15)29-24/h8-10,13,21H,2-7,14,28H2,1H3. The van der Waals surface area contributed by atoms with Crippen LogP contribution in [0.5, 0.6) is 0 Å². The Kier molecular flexibility index (Phi) is 7.56. The van der Waals surface area contributed by atoms with Crippen LogP contribution in [0.15, 0.2) is 50.7 Å². The van der Waals surface area contributed by atoms with Crippen LogP contribution in [0.3, 0.4) is 0 Å². The average Bonchev–Trinajstić information content (AvgIpc) is 3.27. The third-order valence-electron chi connectivity index (χ3n) is 5.84. The van der Waals surface area contributed by atoms with Gasteiger partial charge in [-0.2, -0.15) is 21.9 Å². The van der Waals surface area contributed by atoms with Crippen LogP contribution in [0.4, 0.5) is 0 Å². The van der Waals surface area contributed by atoms with Crippen LogP contribution in [0, 0.1) is 22.7 Å². The van der Waals surface area contributed by atoms with Gasteiger partial charge in [-0.05, 0) is 66.6 Å². The molecule has 1 aliphatic carbocycles. The van der Waals surface area contributed by atoms with Gasteiger partial charge in [-0.1, -0.05) is 18.2 Å². The van der Waals surface area contributed by atoms with Gasteiger partial charge >= 0.3 is 5.97 Å². The summed E-state index contributed by atoms with van der Waals surface area (Å²) in [7, 11) is 0. The second kappa shape index (κ2) is 10.8. The molecule has 0 amide bonds. The Morgan fingerprint density at radius 3 is 2.85 bits per heavy atom. The number of fused-ring (bicyclic) bond motifs is 1. The summed E-state index contributed by atoms with van der Waals surface area (Å²) in [6.07, 6.45) is 5.17. The summed E-state index contributed by atoms with van der Waals surface area (Å²) in [6, 6.07) is 8.16. The summed E-state index contributed by atoms with van der Waals surface area (Å²) in [5.74, 6) is -0.719. The molecule has 4 rings (SSSR count). The van der Waals surface area contributed by atoms with E-state index in [-0.39, 0.29) is 29.4 Å². The highest BCUT2D eigenvalue weighted by Crippen LogP contribution is 2.42. The number of aromatic nitrogens is 1. The molecule has 2 aliphatic rings. The highest BCUT2D eigenvalue weighted by atomic mass is 32.2. The Hall–Kier alpha value is -3.27. The third kappa shape index (κ3) is 4.82. The minimum atomic E-state index is -0.671. The van der Waals surface area contributed by atoms with E-state index in [0.29, 0.717) is 16.3 Å². The summed E-state index contributed by atoms with van der Waals surface area (Å²) in [5.41, 5.74) is 10.0. The van der Waals surface area contributed by atoms with Gasteiger partial charge in [-0.25, -0.2) is 9.78 Å². The zero-order valence-electron chi connectivity index (χ0n) is 18.8. The molecule has 1 unspecified atom stereocenters. The van der Waals surface area contributed by atoms with Crippen LogP contribution in [0.1, 0.15) is 54.5 Å². The maximum absolute atomic E-state index is 13.0. The Bertz CT molecular complexity index is 1240. The van der Waals surface area contributed by atoms with Crippen molar-refractivity contribution in [3.05, 3.63) is 68.1 Å². The van der Waals surface area contributed by atoms with Crippen molar-refractivity contribution >= 4 is 29.1 Å². The van der Waals surface area contributed by atoms with Crippen molar-refractivity contribution in [1.82, 2.24) is 4.98 Å². The molecule has 0 spiro atoms. The zero-order chi connectivity index (χ0) is 24.1. The van der Waals surface area contributed by atoms with E-state index in [2.05, 4.69) is 12.1 Å². The van der Waals surface area contributed by atoms with Crippen LogP contribution in [0.2, 0.25) is 0 Å². The number of thiophene rings is 1. The molecule has 34 heavy (non-hydrogen) atoms. The molecule has 0 saturated heterocycles. The van der Waals surface area contributed by atoms with Gasteiger partial charge in [0.05, 0.1) is 29.4 Å². The predicted molar refractivity (Wildman–Crippen MR) is 130 cm³/mol.